The van der Waals surface area contributed by atoms with Crippen LogP contribution in [0.5, 0.6) is 5.75 Å². The second kappa shape index (κ2) is 7.08. The van der Waals surface area contributed by atoms with E-state index in [1.165, 1.54) is 0 Å². The van der Waals surface area contributed by atoms with Crippen molar-refractivity contribution in [2.24, 2.45) is 7.05 Å². The summed E-state index contributed by atoms with van der Waals surface area (Å²) in [4.78, 5) is 15.2. The van der Waals surface area contributed by atoms with Crippen LogP contribution in [0.3, 0.4) is 0 Å². The smallest absolute Gasteiger partial charge is 0.341 e. The first-order valence-corrected chi connectivity index (χ1v) is 9.47. The van der Waals surface area contributed by atoms with Gasteiger partial charge in [0.05, 0.1) is 11.8 Å². The van der Waals surface area contributed by atoms with Gasteiger partial charge in [-0.25, -0.2) is 9.78 Å². The average Bonchev–Trinajstić information content (AvgIpc) is 3.37. The highest BCUT2D eigenvalue weighted by Crippen LogP contribution is 2.33. The van der Waals surface area contributed by atoms with E-state index in [0.717, 1.165) is 32.8 Å². The second-order valence-electron chi connectivity index (χ2n) is 7.11. The molecule has 0 fully saturated rings. The molecule has 0 saturated heterocycles. The number of hydrogen-bond acceptors (Lipinski definition) is 4. The van der Waals surface area contributed by atoms with Gasteiger partial charge in [0.1, 0.15) is 5.75 Å². The van der Waals surface area contributed by atoms with Crippen molar-refractivity contribution < 1.29 is 19.1 Å². The zero-order chi connectivity index (χ0) is 20.7. The Hall–Kier alpha value is -4.06. The highest BCUT2D eigenvalue weighted by atomic mass is 16.5. The van der Waals surface area contributed by atoms with E-state index in [1.807, 2.05) is 55.7 Å². The minimum atomic E-state index is -1.00. The molecule has 30 heavy (non-hydrogen) atoms. The Bertz CT molecular complexity index is 1400. The molecule has 6 heteroatoms. The van der Waals surface area contributed by atoms with Crippen LogP contribution >= 0.6 is 0 Å². The Morgan fingerprint density at radius 3 is 2.77 bits per heavy atom. The summed E-state index contributed by atoms with van der Waals surface area (Å²) in [5, 5.41) is 11.8. The third-order valence-electron chi connectivity index (χ3n) is 5.09. The van der Waals surface area contributed by atoms with Gasteiger partial charge in [0.2, 0.25) is 5.89 Å². The number of nitrogens with zero attached hydrogens (tertiary/aromatic N) is 2. The van der Waals surface area contributed by atoms with E-state index >= 15 is 0 Å². The van der Waals surface area contributed by atoms with Crippen molar-refractivity contribution in [3.63, 3.8) is 0 Å². The quantitative estimate of drug-likeness (QED) is 0.445. The van der Waals surface area contributed by atoms with Gasteiger partial charge in [-0.2, -0.15) is 0 Å². The number of aliphatic carboxylic acids is 1. The standard InChI is InChI=1S/C24H18N2O4/c1-26-13-20(19-4-2-3-5-21(19)26)24-25-12-22(30-24)17-7-6-16-11-18(29-14-23(27)28)9-8-15(16)10-17/h2-13H,14H2,1H3,(H,27,28). The van der Waals surface area contributed by atoms with Gasteiger partial charge in [-0.05, 0) is 35.0 Å². The monoisotopic (exact) mass is 398 g/mol. The Morgan fingerprint density at radius 2 is 1.90 bits per heavy atom. The molecule has 148 valence electrons. The van der Waals surface area contributed by atoms with Gasteiger partial charge in [-0.3, -0.25) is 0 Å². The molecule has 0 unspecified atom stereocenters. The van der Waals surface area contributed by atoms with Gasteiger partial charge in [0.15, 0.2) is 12.4 Å². The number of benzene rings is 3. The van der Waals surface area contributed by atoms with Crippen molar-refractivity contribution in [2.45, 2.75) is 0 Å². The van der Waals surface area contributed by atoms with Crippen LogP contribution in [-0.4, -0.2) is 27.2 Å². The Labute approximate surface area is 172 Å². The van der Waals surface area contributed by atoms with E-state index in [9.17, 15) is 4.79 Å². The van der Waals surface area contributed by atoms with Crippen molar-refractivity contribution in [3.8, 4) is 28.5 Å². The molecule has 0 aliphatic rings. The van der Waals surface area contributed by atoms with E-state index < -0.39 is 5.97 Å². The summed E-state index contributed by atoms with van der Waals surface area (Å²) in [7, 11) is 2.01. The molecule has 0 atom stereocenters. The number of fused-ring (bicyclic) bond motifs is 2. The first-order chi connectivity index (χ1) is 14.6. The topological polar surface area (TPSA) is 77.5 Å². The van der Waals surface area contributed by atoms with Crippen molar-refractivity contribution in [3.05, 3.63) is 73.1 Å². The number of carbonyl (C=O) groups is 1. The van der Waals surface area contributed by atoms with Gasteiger partial charge in [0.25, 0.3) is 0 Å². The fraction of sp³-hybridized carbons (Fsp3) is 0.0833. The summed E-state index contributed by atoms with van der Waals surface area (Å²) in [6.45, 7) is -0.362. The molecule has 5 aromatic rings. The molecule has 0 radical (unpaired) electrons. The number of hydrogen-bond donors (Lipinski definition) is 1. The van der Waals surface area contributed by atoms with Crippen LogP contribution in [0.1, 0.15) is 0 Å². The second-order valence-corrected chi connectivity index (χ2v) is 7.11. The number of oxazole rings is 1. The molecule has 0 bridgehead atoms. The van der Waals surface area contributed by atoms with E-state index in [4.69, 9.17) is 14.3 Å². The maximum Gasteiger partial charge on any atom is 0.341 e. The molecule has 2 aromatic heterocycles. The van der Waals surface area contributed by atoms with Crippen molar-refractivity contribution in [1.29, 1.82) is 0 Å². The number of rotatable bonds is 5. The Balaban J connectivity index is 1.48. The van der Waals surface area contributed by atoms with E-state index in [2.05, 4.69) is 21.7 Å². The third-order valence-corrected chi connectivity index (χ3v) is 5.09. The normalized spacial score (nSPS) is 11.2. The van der Waals surface area contributed by atoms with Gasteiger partial charge < -0.3 is 18.8 Å². The lowest BCUT2D eigenvalue weighted by atomic mass is 10.1. The molecule has 0 saturated carbocycles. The third kappa shape index (κ3) is 3.18. The summed E-state index contributed by atoms with van der Waals surface area (Å²) >= 11 is 0. The first kappa shape index (κ1) is 18.0. The number of carboxylic acid groups (broad SMARTS) is 1. The highest BCUT2D eigenvalue weighted by molar-refractivity contribution is 5.94. The van der Waals surface area contributed by atoms with E-state index in [1.54, 1.807) is 12.3 Å². The lowest BCUT2D eigenvalue weighted by Gasteiger charge is -2.06. The summed E-state index contributed by atoms with van der Waals surface area (Å²) in [5.41, 5.74) is 3.00. The minimum absolute atomic E-state index is 0.362. The van der Waals surface area contributed by atoms with Crippen LogP contribution in [0.4, 0.5) is 0 Å². The lowest BCUT2D eigenvalue weighted by molar-refractivity contribution is -0.139. The van der Waals surface area contributed by atoms with E-state index in [0.29, 0.717) is 17.4 Å². The number of aryl methyl sites for hydroxylation is 1. The molecule has 6 nitrogen and oxygen atoms in total. The van der Waals surface area contributed by atoms with Crippen LogP contribution < -0.4 is 4.74 Å². The van der Waals surface area contributed by atoms with Crippen molar-refractivity contribution >= 4 is 27.6 Å². The van der Waals surface area contributed by atoms with Gasteiger partial charge in [0, 0.05) is 29.7 Å². The summed E-state index contributed by atoms with van der Waals surface area (Å²) in [6, 6.07) is 19.6. The summed E-state index contributed by atoms with van der Waals surface area (Å²) in [5.74, 6) is 0.790. The maximum absolute atomic E-state index is 10.7. The molecule has 0 aliphatic heterocycles. The highest BCUT2D eigenvalue weighted by Gasteiger charge is 2.14. The molecule has 3 aromatic carbocycles. The van der Waals surface area contributed by atoms with Crippen LogP contribution in [0.2, 0.25) is 0 Å². The zero-order valence-corrected chi connectivity index (χ0v) is 16.2. The molecular formula is C24H18N2O4. The fourth-order valence-electron chi connectivity index (χ4n) is 3.66. The SMILES string of the molecule is Cn1cc(-c2ncc(-c3ccc4cc(OCC(=O)O)ccc4c3)o2)c2ccccc21. The largest absolute Gasteiger partial charge is 0.482 e. The van der Waals surface area contributed by atoms with E-state index in [-0.39, 0.29) is 6.61 Å². The molecule has 0 amide bonds. The summed E-state index contributed by atoms with van der Waals surface area (Å²) in [6.07, 6.45) is 3.77. The Kier molecular flexibility index (Phi) is 4.25. The zero-order valence-electron chi connectivity index (χ0n) is 16.2. The number of ether oxygens (including phenoxy) is 1. The number of carboxylic acids is 1. The minimum Gasteiger partial charge on any atom is -0.482 e. The molecule has 5 rings (SSSR count). The predicted octanol–water partition coefficient (Wildman–Crippen LogP) is 5.12. The van der Waals surface area contributed by atoms with Gasteiger partial charge in [-0.15, -0.1) is 0 Å². The van der Waals surface area contributed by atoms with Gasteiger partial charge >= 0.3 is 5.97 Å². The number of aromatic nitrogens is 2. The molecule has 0 aliphatic carbocycles. The Morgan fingerprint density at radius 1 is 1.10 bits per heavy atom. The number of para-hydroxylation sites is 1. The van der Waals surface area contributed by atoms with Crippen molar-refractivity contribution in [2.75, 3.05) is 6.61 Å². The lowest BCUT2D eigenvalue weighted by Crippen LogP contribution is -2.09. The summed E-state index contributed by atoms with van der Waals surface area (Å²) < 4.78 is 13.4. The van der Waals surface area contributed by atoms with Crippen LogP contribution in [0, 0.1) is 0 Å². The van der Waals surface area contributed by atoms with Crippen LogP contribution in [0.15, 0.2) is 77.5 Å². The van der Waals surface area contributed by atoms with Crippen LogP contribution in [-0.2, 0) is 11.8 Å². The van der Waals surface area contributed by atoms with Crippen molar-refractivity contribution in [1.82, 2.24) is 9.55 Å². The van der Waals surface area contributed by atoms with Gasteiger partial charge in [-0.1, -0.05) is 36.4 Å². The van der Waals surface area contributed by atoms with Crippen LogP contribution in [0.25, 0.3) is 44.5 Å². The molecule has 0 spiro atoms. The molecule has 1 N–H and O–H groups in total. The molecule has 2 heterocycles. The predicted molar refractivity (Wildman–Crippen MR) is 114 cm³/mol. The fourth-order valence-corrected chi connectivity index (χ4v) is 3.66. The maximum atomic E-state index is 10.7. The average molecular weight is 398 g/mol. The molecular weight excluding hydrogens is 380 g/mol. The first-order valence-electron chi connectivity index (χ1n) is 9.47.